The summed E-state index contributed by atoms with van der Waals surface area (Å²) in [7, 11) is 1.73. The maximum absolute atomic E-state index is 12.8. The van der Waals surface area contributed by atoms with Gasteiger partial charge in [0.1, 0.15) is 5.69 Å². The Morgan fingerprint density at radius 3 is 2.27 bits per heavy atom. The van der Waals surface area contributed by atoms with E-state index in [0.717, 1.165) is 0 Å². The summed E-state index contributed by atoms with van der Waals surface area (Å²) < 4.78 is 3.11. The van der Waals surface area contributed by atoms with Gasteiger partial charge in [-0.15, -0.1) is 0 Å². The van der Waals surface area contributed by atoms with Crippen molar-refractivity contribution in [1.29, 1.82) is 0 Å². The summed E-state index contributed by atoms with van der Waals surface area (Å²) in [5, 5.41) is 13.3. The van der Waals surface area contributed by atoms with E-state index in [1.807, 2.05) is 18.2 Å². The number of nitrogens with zero attached hydrogens (tertiary/aromatic N) is 3. The molecule has 0 aliphatic rings. The van der Waals surface area contributed by atoms with E-state index in [0.29, 0.717) is 11.4 Å². The molecule has 0 bridgehead atoms. The molecule has 0 aliphatic carbocycles. The third-order valence-electron chi connectivity index (χ3n) is 4.13. The Hall–Kier alpha value is -3.68. The third kappa shape index (κ3) is 3.00. The van der Waals surface area contributed by atoms with Crippen molar-refractivity contribution in [2.75, 3.05) is 5.32 Å². The number of rotatable bonds is 4. The van der Waals surface area contributed by atoms with E-state index in [1.165, 1.54) is 28.9 Å². The van der Waals surface area contributed by atoms with Gasteiger partial charge in [0, 0.05) is 24.7 Å². The van der Waals surface area contributed by atoms with Gasteiger partial charge in [0.2, 0.25) is 0 Å². The molecule has 0 fully saturated rings. The van der Waals surface area contributed by atoms with Crippen molar-refractivity contribution in [1.82, 2.24) is 9.36 Å². The molecule has 1 aromatic heterocycles. The van der Waals surface area contributed by atoms with Crippen LogP contribution in [0, 0.1) is 17.0 Å². The van der Waals surface area contributed by atoms with Crippen LogP contribution in [-0.2, 0) is 7.05 Å². The Kier molecular flexibility index (Phi) is 4.40. The zero-order chi connectivity index (χ0) is 18.8. The van der Waals surface area contributed by atoms with Crippen molar-refractivity contribution < 1.29 is 9.72 Å². The fourth-order valence-corrected chi connectivity index (χ4v) is 2.63. The number of hydrogen-bond acceptors (Lipinski definition) is 4. The highest BCUT2D eigenvalue weighted by atomic mass is 16.6. The molecule has 0 radical (unpaired) electrons. The molecule has 132 valence electrons. The van der Waals surface area contributed by atoms with Crippen LogP contribution in [0.3, 0.4) is 0 Å². The van der Waals surface area contributed by atoms with Gasteiger partial charge in [-0.1, -0.05) is 18.2 Å². The summed E-state index contributed by atoms with van der Waals surface area (Å²) in [5.41, 5.74) is 1.20. The highest BCUT2D eigenvalue weighted by Crippen LogP contribution is 2.16. The van der Waals surface area contributed by atoms with Gasteiger partial charge < -0.3 is 5.32 Å². The molecule has 8 nitrogen and oxygen atoms in total. The Morgan fingerprint density at radius 2 is 1.69 bits per heavy atom. The molecule has 0 saturated carbocycles. The number of aromatic nitrogens is 2. The second-order valence-corrected chi connectivity index (χ2v) is 5.69. The number of carbonyl (C=O) groups excluding carboxylic acids is 1. The number of hydrogen-bond donors (Lipinski definition) is 1. The topological polar surface area (TPSA) is 99.2 Å². The lowest BCUT2D eigenvalue weighted by Crippen LogP contribution is -2.22. The molecule has 1 amide bonds. The van der Waals surface area contributed by atoms with Crippen molar-refractivity contribution in [2.24, 2.45) is 7.05 Å². The Bertz CT molecular complexity index is 1030. The number of nitro benzene ring substituents is 1. The van der Waals surface area contributed by atoms with Gasteiger partial charge >= 0.3 is 0 Å². The van der Waals surface area contributed by atoms with Gasteiger partial charge in [0.25, 0.3) is 17.2 Å². The number of non-ortho nitro benzene ring substituents is 1. The molecule has 26 heavy (non-hydrogen) atoms. The monoisotopic (exact) mass is 352 g/mol. The Morgan fingerprint density at radius 1 is 1.08 bits per heavy atom. The van der Waals surface area contributed by atoms with Crippen LogP contribution in [-0.4, -0.2) is 20.2 Å². The van der Waals surface area contributed by atoms with Gasteiger partial charge in [-0.2, -0.15) is 0 Å². The summed E-state index contributed by atoms with van der Waals surface area (Å²) in [6, 6.07) is 14.3. The molecule has 8 heteroatoms. The first-order valence-corrected chi connectivity index (χ1v) is 7.80. The lowest BCUT2D eigenvalue weighted by Gasteiger charge is -2.07. The largest absolute Gasteiger partial charge is 0.316 e. The van der Waals surface area contributed by atoms with E-state index >= 15 is 0 Å². The summed E-state index contributed by atoms with van der Waals surface area (Å²) in [6.45, 7) is 1.73. The quantitative estimate of drug-likeness (QED) is 0.576. The molecule has 1 heterocycles. The summed E-state index contributed by atoms with van der Waals surface area (Å²) in [6.07, 6.45) is 0. The Labute approximate surface area is 148 Å². The van der Waals surface area contributed by atoms with Gasteiger partial charge in [-0.25, -0.2) is 4.68 Å². The lowest BCUT2D eigenvalue weighted by atomic mass is 10.2. The summed E-state index contributed by atoms with van der Waals surface area (Å²) in [5.74, 6) is -0.508. The molecule has 2 aromatic carbocycles. The smallest absolute Gasteiger partial charge is 0.295 e. The number of anilines is 1. The minimum atomic E-state index is -0.540. The number of nitrogens with one attached hydrogen (secondary N) is 1. The molecule has 0 aliphatic heterocycles. The van der Waals surface area contributed by atoms with E-state index in [-0.39, 0.29) is 22.5 Å². The predicted octanol–water partition coefficient (Wildman–Crippen LogP) is 2.64. The third-order valence-corrected chi connectivity index (χ3v) is 4.13. The van der Waals surface area contributed by atoms with Crippen LogP contribution in [0.4, 0.5) is 11.4 Å². The number of nitro groups is 1. The van der Waals surface area contributed by atoms with E-state index in [1.54, 1.807) is 30.8 Å². The van der Waals surface area contributed by atoms with Crippen LogP contribution in [0.15, 0.2) is 59.4 Å². The maximum atomic E-state index is 12.8. The second-order valence-electron chi connectivity index (χ2n) is 5.69. The van der Waals surface area contributed by atoms with E-state index < -0.39 is 10.8 Å². The zero-order valence-electron chi connectivity index (χ0n) is 14.2. The van der Waals surface area contributed by atoms with Gasteiger partial charge in [-0.3, -0.25) is 24.4 Å². The second kappa shape index (κ2) is 6.67. The molecule has 0 saturated heterocycles. The van der Waals surface area contributed by atoms with Gasteiger partial charge in [0.15, 0.2) is 0 Å². The highest BCUT2D eigenvalue weighted by Gasteiger charge is 2.19. The lowest BCUT2D eigenvalue weighted by molar-refractivity contribution is -0.384. The molecule has 3 rings (SSSR count). The van der Waals surface area contributed by atoms with E-state index in [9.17, 15) is 19.7 Å². The molecule has 0 atom stereocenters. The predicted molar refractivity (Wildman–Crippen MR) is 96.8 cm³/mol. The SMILES string of the molecule is Cc1c(NC(=O)c2ccc([N+](=O)[O-])cc2)c(=O)n(-c2ccccc2)n1C. The molecule has 1 N–H and O–H groups in total. The molecule has 3 aromatic rings. The van der Waals surface area contributed by atoms with Crippen molar-refractivity contribution >= 4 is 17.3 Å². The first kappa shape index (κ1) is 17.2. The van der Waals surface area contributed by atoms with Crippen molar-refractivity contribution in [3.63, 3.8) is 0 Å². The highest BCUT2D eigenvalue weighted by molar-refractivity contribution is 6.04. The van der Waals surface area contributed by atoms with Crippen LogP contribution in [0.25, 0.3) is 5.69 Å². The van der Waals surface area contributed by atoms with Crippen LogP contribution in [0.5, 0.6) is 0 Å². The molecule has 0 unspecified atom stereocenters. The zero-order valence-corrected chi connectivity index (χ0v) is 14.2. The average molecular weight is 352 g/mol. The van der Waals surface area contributed by atoms with E-state index in [2.05, 4.69) is 5.32 Å². The fourth-order valence-electron chi connectivity index (χ4n) is 2.63. The number of carbonyl (C=O) groups is 1. The number of amides is 1. The van der Waals surface area contributed by atoms with Crippen LogP contribution in [0.1, 0.15) is 16.1 Å². The van der Waals surface area contributed by atoms with Gasteiger partial charge in [-0.05, 0) is 31.2 Å². The molecular formula is C18H16N4O4. The maximum Gasteiger partial charge on any atom is 0.295 e. The van der Waals surface area contributed by atoms with Crippen LogP contribution < -0.4 is 10.9 Å². The first-order chi connectivity index (χ1) is 12.4. The van der Waals surface area contributed by atoms with Crippen LogP contribution >= 0.6 is 0 Å². The molecule has 0 spiro atoms. The number of benzene rings is 2. The van der Waals surface area contributed by atoms with Crippen molar-refractivity contribution in [3.8, 4) is 5.69 Å². The minimum Gasteiger partial charge on any atom is -0.316 e. The van der Waals surface area contributed by atoms with Gasteiger partial charge in [0.05, 0.1) is 16.3 Å². The van der Waals surface area contributed by atoms with Crippen LogP contribution in [0.2, 0.25) is 0 Å². The Balaban J connectivity index is 1.94. The minimum absolute atomic E-state index is 0.108. The molecular weight excluding hydrogens is 336 g/mol. The fraction of sp³-hybridized carbons (Fsp3) is 0.111. The van der Waals surface area contributed by atoms with Crippen molar-refractivity contribution in [3.05, 3.63) is 86.3 Å². The summed E-state index contributed by atoms with van der Waals surface area (Å²) >= 11 is 0. The number of para-hydroxylation sites is 1. The summed E-state index contributed by atoms with van der Waals surface area (Å²) in [4.78, 5) is 35.3. The van der Waals surface area contributed by atoms with E-state index in [4.69, 9.17) is 0 Å². The van der Waals surface area contributed by atoms with Crippen molar-refractivity contribution in [2.45, 2.75) is 6.92 Å². The standard InChI is InChI=1S/C18H16N4O4/c1-12-16(18(24)21(20(12)2)14-6-4-3-5-7-14)19-17(23)13-8-10-15(11-9-13)22(25)26/h3-11H,1-2H3,(H,19,23). The first-order valence-electron chi connectivity index (χ1n) is 7.80. The average Bonchev–Trinajstić information content (AvgIpc) is 2.86. The normalized spacial score (nSPS) is 10.5.